The second kappa shape index (κ2) is 4.79. The highest BCUT2D eigenvalue weighted by atomic mass is 35.5. The molecule has 2 aromatic rings. The van der Waals surface area contributed by atoms with Gasteiger partial charge in [0.25, 0.3) is 0 Å². The van der Waals surface area contributed by atoms with Crippen LogP contribution in [0.2, 0.25) is 5.02 Å². The number of rotatable bonds is 2. The van der Waals surface area contributed by atoms with E-state index in [9.17, 15) is 8.42 Å². The fourth-order valence-electron chi connectivity index (χ4n) is 2.52. The lowest BCUT2D eigenvalue weighted by molar-refractivity contribution is 0.598. The highest BCUT2D eigenvalue weighted by Crippen LogP contribution is 2.36. The van der Waals surface area contributed by atoms with Crippen molar-refractivity contribution in [3.05, 3.63) is 58.6 Å². The van der Waals surface area contributed by atoms with E-state index in [0.29, 0.717) is 9.92 Å². The average Bonchev–Trinajstić information content (AvgIpc) is 2.67. The van der Waals surface area contributed by atoms with Crippen molar-refractivity contribution >= 4 is 27.1 Å². The van der Waals surface area contributed by atoms with Crippen LogP contribution in [0.25, 0.3) is 0 Å². The lowest BCUT2D eigenvalue weighted by Crippen LogP contribution is -2.13. The van der Waals surface area contributed by atoms with Crippen molar-refractivity contribution in [3.63, 3.8) is 0 Å². The summed E-state index contributed by atoms with van der Waals surface area (Å²) in [6, 6.07) is 12.5. The molecule has 1 unspecified atom stereocenters. The van der Waals surface area contributed by atoms with Crippen molar-refractivity contribution < 1.29 is 8.42 Å². The minimum atomic E-state index is -3.19. The van der Waals surface area contributed by atoms with Crippen molar-refractivity contribution in [1.82, 2.24) is 0 Å². The lowest BCUT2D eigenvalue weighted by Gasteiger charge is -2.16. The molecule has 1 atom stereocenters. The Hall–Kier alpha value is -1.52. The van der Waals surface area contributed by atoms with Crippen LogP contribution in [-0.4, -0.2) is 14.2 Å². The normalized spacial score (nSPS) is 19.6. The Morgan fingerprint density at radius 2 is 1.90 bits per heavy atom. The van der Waals surface area contributed by atoms with Gasteiger partial charge >= 0.3 is 0 Å². The van der Waals surface area contributed by atoms with Crippen LogP contribution in [0.3, 0.4) is 0 Å². The molecule has 0 spiro atoms. The minimum Gasteiger partial charge on any atom is -0.377 e. The number of anilines is 1. The number of hydrogen-bond donors (Lipinski definition) is 1. The molecule has 0 aliphatic carbocycles. The monoisotopic (exact) mass is 307 g/mol. The smallest absolute Gasteiger partial charge is 0.181 e. The second-order valence-corrected chi connectivity index (χ2v) is 7.34. The van der Waals surface area contributed by atoms with Gasteiger partial charge in [0.15, 0.2) is 9.84 Å². The molecule has 0 fully saturated rings. The molecule has 1 N–H and O–H groups in total. The lowest BCUT2D eigenvalue weighted by atomic mass is 10.1. The van der Waals surface area contributed by atoms with E-state index < -0.39 is 9.84 Å². The van der Waals surface area contributed by atoms with Crippen LogP contribution in [0.1, 0.15) is 17.2 Å². The van der Waals surface area contributed by atoms with Gasteiger partial charge in [0.1, 0.15) is 0 Å². The number of benzene rings is 2. The van der Waals surface area contributed by atoms with Gasteiger partial charge in [-0.1, -0.05) is 35.9 Å². The van der Waals surface area contributed by atoms with Crippen molar-refractivity contribution in [2.75, 3.05) is 11.1 Å². The first-order chi connectivity index (χ1) is 9.49. The Kier molecular flexibility index (Phi) is 3.22. The van der Waals surface area contributed by atoms with E-state index in [-0.39, 0.29) is 11.8 Å². The van der Waals surface area contributed by atoms with Gasteiger partial charge < -0.3 is 5.32 Å². The Morgan fingerprint density at radius 3 is 2.70 bits per heavy atom. The van der Waals surface area contributed by atoms with Gasteiger partial charge in [-0.2, -0.15) is 0 Å². The Balaban J connectivity index is 2.00. The maximum Gasteiger partial charge on any atom is 0.181 e. The topological polar surface area (TPSA) is 46.2 Å². The maximum atomic E-state index is 12.1. The minimum absolute atomic E-state index is 0.0816. The first-order valence-corrected chi connectivity index (χ1v) is 8.35. The van der Waals surface area contributed by atoms with Gasteiger partial charge in [-0.15, -0.1) is 0 Å². The first-order valence-electron chi connectivity index (χ1n) is 6.32. The highest BCUT2D eigenvalue weighted by Gasteiger charge is 2.34. The predicted octanol–water partition coefficient (Wildman–Crippen LogP) is 3.59. The third-order valence-corrected chi connectivity index (χ3v) is 5.84. The molecule has 3 rings (SSSR count). The van der Waals surface area contributed by atoms with Crippen molar-refractivity contribution in [2.45, 2.75) is 17.9 Å². The average molecular weight is 308 g/mol. The fourth-order valence-corrected chi connectivity index (χ4v) is 4.43. The standard InChI is InChI=1S/C15H14ClNO2S/c1-10-12(16)6-4-7-13(10)17-14-9-20(18,19)15-8-3-2-5-11(14)15/h2-8,14,17H,9H2,1H3. The third-order valence-electron chi connectivity index (χ3n) is 3.61. The van der Waals surface area contributed by atoms with Gasteiger partial charge in [-0.3, -0.25) is 0 Å². The summed E-state index contributed by atoms with van der Waals surface area (Å²) in [6.07, 6.45) is 0. The molecular weight excluding hydrogens is 294 g/mol. The molecule has 0 radical (unpaired) electrons. The SMILES string of the molecule is Cc1c(Cl)cccc1NC1CS(=O)(=O)c2ccccc21. The van der Waals surface area contributed by atoms with Gasteiger partial charge in [-0.25, -0.2) is 8.42 Å². The van der Waals surface area contributed by atoms with Crippen LogP contribution in [-0.2, 0) is 9.84 Å². The molecule has 0 bridgehead atoms. The van der Waals surface area contributed by atoms with E-state index in [1.54, 1.807) is 12.1 Å². The van der Waals surface area contributed by atoms with Gasteiger partial charge in [-0.05, 0) is 36.2 Å². The summed E-state index contributed by atoms with van der Waals surface area (Å²) in [5.74, 6) is 0.0816. The maximum absolute atomic E-state index is 12.1. The highest BCUT2D eigenvalue weighted by molar-refractivity contribution is 7.91. The zero-order chi connectivity index (χ0) is 14.3. The van der Waals surface area contributed by atoms with Crippen molar-refractivity contribution in [1.29, 1.82) is 0 Å². The van der Waals surface area contributed by atoms with Gasteiger partial charge in [0.2, 0.25) is 0 Å². The summed E-state index contributed by atoms with van der Waals surface area (Å²) >= 11 is 6.10. The summed E-state index contributed by atoms with van der Waals surface area (Å²) in [4.78, 5) is 0.428. The Labute approximate surface area is 123 Å². The number of sulfone groups is 1. The Bertz CT molecular complexity index is 771. The van der Waals surface area contributed by atoms with Crippen LogP contribution < -0.4 is 5.32 Å². The fraction of sp³-hybridized carbons (Fsp3) is 0.200. The molecule has 5 heteroatoms. The number of nitrogens with one attached hydrogen (secondary N) is 1. The molecule has 3 nitrogen and oxygen atoms in total. The summed E-state index contributed by atoms with van der Waals surface area (Å²) < 4.78 is 24.3. The summed E-state index contributed by atoms with van der Waals surface area (Å²) in [5.41, 5.74) is 2.62. The molecule has 0 aromatic heterocycles. The summed E-state index contributed by atoms with van der Waals surface area (Å²) in [5, 5.41) is 3.97. The van der Waals surface area contributed by atoms with E-state index in [4.69, 9.17) is 11.6 Å². The number of halogens is 1. The van der Waals surface area contributed by atoms with Crippen LogP contribution in [0.4, 0.5) is 5.69 Å². The second-order valence-electron chi connectivity index (χ2n) is 4.93. The van der Waals surface area contributed by atoms with Crippen LogP contribution in [0.5, 0.6) is 0 Å². The first kappa shape index (κ1) is 13.5. The van der Waals surface area contributed by atoms with E-state index >= 15 is 0 Å². The largest absolute Gasteiger partial charge is 0.377 e. The van der Waals surface area contributed by atoms with E-state index in [1.807, 2.05) is 37.3 Å². The van der Waals surface area contributed by atoms with E-state index in [0.717, 1.165) is 16.8 Å². The molecule has 20 heavy (non-hydrogen) atoms. The van der Waals surface area contributed by atoms with Crippen LogP contribution >= 0.6 is 11.6 Å². The van der Waals surface area contributed by atoms with Gasteiger partial charge in [0, 0.05) is 10.7 Å². The molecule has 1 aliphatic rings. The molecule has 1 aliphatic heterocycles. The third kappa shape index (κ3) is 2.19. The number of hydrogen-bond acceptors (Lipinski definition) is 3. The molecule has 0 saturated heterocycles. The number of fused-ring (bicyclic) bond motifs is 1. The van der Waals surface area contributed by atoms with E-state index in [1.165, 1.54) is 0 Å². The van der Waals surface area contributed by atoms with Crippen molar-refractivity contribution in [3.8, 4) is 0 Å². The van der Waals surface area contributed by atoms with Gasteiger partial charge in [0.05, 0.1) is 16.7 Å². The summed E-state index contributed by atoms with van der Waals surface area (Å²) in [6.45, 7) is 1.92. The molecular formula is C15H14ClNO2S. The molecule has 104 valence electrons. The molecule has 0 amide bonds. The molecule has 1 heterocycles. The summed E-state index contributed by atoms with van der Waals surface area (Å²) in [7, 11) is -3.19. The Morgan fingerprint density at radius 1 is 1.15 bits per heavy atom. The van der Waals surface area contributed by atoms with E-state index in [2.05, 4.69) is 5.32 Å². The predicted molar refractivity (Wildman–Crippen MR) is 81.0 cm³/mol. The van der Waals surface area contributed by atoms with Crippen LogP contribution in [0, 0.1) is 6.92 Å². The van der Waals surface area contributed by atoms with Crippen molar-refractivity contribution in [2.24, 2.45) is 0 Å². The zero-order valence-corrected chi connectivity index (χ0v) is 12.5. The zero-order valence-electron chi connectivity index (χ0n) is 10.9. The molecule has 0 saturated carbocycles. The molecule has 2 aromatic carbocycles. The quantitative estimate of drug-likeness (QED) is 0.922. The van der Waals surface area contributed by atoms with Crippen LogP contribution in [0.15, 0.2) is 47.4 Å².